The molecule has 2 aliphatic heterocycles. The molecule has 3 atom stereocenters. The molecule has 0 bridgehead atoms. The zero-order valence-electron chi connectivity index (χ0n) is 16.7. The van der Waals surface area contributed by atoms with Crippen molar-refractivity contribution in [1.29, 1.82) is 0 Å². The number of carboxylic acids is 1. The average molecular weight is 469 g/mol. The largest absolute Gasteiger partial charge is 0.477 e. The molecule has 1 aromatic heterocycles. The maximum atomic E-state index is 12.8. The van der Waals surface area contributed by atoms with Crippen LogP contribution in [0.2, 0.25) is 0 Å². The number of fused-ring (bicyclic) bond motifs is 1. The van der Waals surface area contributed by atoms with E-state index in [0.29, 0.717) is 11.3 Å². The number of nitrogens with two attached hydrogens (primary N) is 1. The Bertz CT molecular complexity index is 1000. The topological polar surface area (TPSA) is 176 Å². The quantitative estimate of drug-likeness (QED) is 0.234. The van der Waals surface area contributed by atoms with Crippen molar-refractivity contribution in [2.75, 3.05) is 18.2 Å². The van der Waals surface area contributed by atoms with Gasteiger partial charge >= 0.3 is 5.97 Å². The molecule has 2 aliphatic rings. The third kappa shape index (κ3) is 4.40. The Morgan fingerprint density at radius 3 is 2.77 bits per heavy atom. The predicted octanol–water partition coefficient (Wildman–Crippen LogP) is -0.462. The first-order valence-electron chi connectivity index (χ1n) is 8.97. The molecule has 1 aromatic rings. The van der Waals surface area contributed by atoms with E-state index in [-0.39, 0.29) is 22.2 Å². The Morgan fingerprint density at radius 1 is 1.45 bits per heavy atom. The number of hydrogen-bond donors (Lipinski definition) is 4. The van der Waals surface area contributed by atoms with Crippen LogP contribution in [0, 0.1) is 0 Å². The average Bonchev–Trinajstić information content (AvgIpc) is 3.17. The summed E-state index contributed by atoms with van der Waals surface area (Å²) in [6, 6.07) is -1.66. The van der Waals surface area contributed by atoms with Crippen molar-refractivity contribution in [1.82, 2.24) is 15.2 Å². The molecular weight excluding hydrogens is 448 g/mol. The molecule has 1 unspecified atom stereocenters. The lowest BCUT2D eigenvalue weighted by Gasteiger charge is -2.49. The number of anilines is 1. The number of thiazole rings is 1. The van der Waals surface area contributed by atoms with Crippen LogP contribution in [-0.2, 0) is 24.0 Å². The van der Waals surface area contributed by atoms with Gasteiger partial charge in [0.2, 0.25) is 5.91 Å². The highest BCUT2D eigenvalue weighted by molar-refractivity contribution is 8.00. The Hall–Kier alpha value is -2.97. The van der Waals surface area contributed by atoms with Gasteiger partial charge in [0.15, 0.2) is 10.8 Å². The number of aromatic nitrogens is 1. The van der Waals surface area contributed by atoms with Gasteiger partial charge in [0.25, 0.3) is 11.8 Å². The van der Waals surface area contributed by atoms with Crippen molar-refractivity contribution >= 4 is 57.6 Å². The number of amides is 3. The van der Waals surface area contributed by atoms with Crippen LogP contribution in [-0.4, -0.2) is 74.7 Å². The molecule has 3 amide bonds. The molecule has 0 saturated carbocycles. The molecule has 1 saturated heterocycles. The van der Waals surface area contributed by atoms with Gasteiger partial charge in [0.05, 0.1) is 6.04 Å². The first kappa shape index (κ1) is 22.7. The molecule has 3 heterocycles. The van der Waals surface area contributed by atoms with E-state index >= 15 is 0 Å². The summed E-state index contributed by atoms with van der Waals surface area (Å²) in [6.45, 7) is 3.17. The normalized spacial score (nSPS) is 21.7. The highest BCUT2D eigenvalue weighted by Crippen LogP contribution is 2.40. The zero-order chi connectivity index (χ0) is 22.9. The maximum Gasteiger partial charge on any atom is 0.352 e. The molecule has 3 rings (SSSR count). The van der Waals surface area contributed by atoms with E-state index in [1.807, 2.05) is 0 Å². The van der Waals surface area contributed by atoms with Crippen molar-refractivity contribution in [3.8, 4) is 0 Å². The minimum atomic E-state index is -1.19. The summed E-state index contributed by atoms with van der Waals surface area (Å²) in [5.41, 5.74) is 5.96. The van der Waals surface area contributed by atoms with Gasteiger partial charge in [-0.3, -0.25) is 19.3 Å². The lowest BCUT2D eigenvalue weighted by atomic mass is 10.0. The smallest absolute Gasteiger partial charge is 0.352 e. The minimum absolute atomic E-state index is 0.0564. The van der Waals surface area contributed by atoms with Crippen molar-refractivity contribution in [3.05, 3.63) is 22.3 Å². The molecule has 0 spiro atoms. The van der Waals surface area contributed by atoms with E-state index in [9.17, 15) is 24.3 Å². The van der Waals surface area contributed by atoms with Crippen LogP contribution in [0.1, 0.15) is 19.5 Å². The second-order valence-electron chi connectivity index (χ2n) is 6.73. The van der Waals surface area contributed by atoms with Gasteiger partial charge in [0, 0.05) is 11.1 Å². The van der Waals surface area contributed by atoms with Gasteiger partial charge in [-0.2, -0.15) is 0 Å². The monoisotopic (exact) mass is 468 g/mol. The van der Waals surface area contributed by atoms with Crippen LogP contribution in [0.3, 0.4) is 0 Å². The second-order valence-corrected chi connectivity index (χ2v) is 8.70. The number of nitrogens with zero attached hydrogens (tertiary/aromatic N) is 3. The Morgan fingerprint density at radius 2 is 2.16 bits per heavy atom. The highest BCUT2D eigenvalue weighted by Gasteiger charge is 2.54. The van der Waals surface area contributed by atoms with Crippen LogP contribution >= 0.6 is 23.1 Å². The summed E-state index contributed by atoms with van der Waals surface area (Å²) in [6.07, 6.45) is 0. The fourth-order valence-corrected chi connectivity index (χ4v) is 4.93. The molecule has 31 heavy (non-hydrogen) atoms. The van der Waals surface area contributed by atoms with Crippen molar-refractivity contribution in [3.63, 3.8) is 0 Å². The summed E-state index contributed by atoms with van der Waals surface area (Å²) in [4.78, 5) is 58.6. The summed E-state index contributed by atoms with van der Waals surface area (Å²) < 4.78 is 0. The standard InChI is InChI=1S/C17H20N6O6S2/c1-6-4-30-15-10(14(26)23(15)11(6)16(27)28)20-13(25)9(22-29-3)8-5-31-17(19-8)21-12(24)7(2)18/h5,7,10,15H,4,18H2,1-3H3,(H,20,25)(H,27,28)(H,19,21,24)/b22-9-/t7-,10?,15-/m0/s1. The number of rotatable bonds is 7. The van der Waals surface area contributed by atoms with Gasteiger partial charge < -0.3 is 26.3 Å². The van der Waals surface area contributed by atoms with Gasteiger partial charge in [-0.1, -0.05) is 5.16 Å². The number of thioether (sulfide) groups is 1. The third-order valence-corrected chi connectivity index (χ3v) is 6.62. The highest BCUT2D eigenvalue weighted by atomic mass is 32.2. The van der Waals surface area contributed by atoms with Gasteiger partial charge in [-0.05, 0) is 19.4 Å². The van der Waals surface area contributed by atoms with Crippen LogP contribution in [0.25, 0.3) is 0 Å². The summed E-state index contributed by atoms with van der Waals surface area (Å²) in [5, 5.41) is 19.3. The maximum absolute atomic E-state index is 12.8. The van der Waals surface area contributed by atoms with E-state index in [2.05, 4.69) is 20.8 Å². The molecule has 0 aromatic carbocycles. The van der Waals surface area contributed by atoms with E-state index in [4.69, 9.17) is 10.6 Å². The van der Waals surface area contributed by atoms with E-state index < -0.39 is 41.1 Å². The first-order chi connectivity index (χ1) is 14.6. The fraction of sp³-hybridized carbons (Fsp3) is 0.412. The second kappa shape index (κ2) is 9.03. The molecule has 14 heteroatoms. The van der Waals surface area contributed by atoms with Crippen LogP contribution in [0.5, 0.6) is 0 Å². The number of nitrogens with one attached hydrogen (secondary N) is 2. The number of aliphatic carboxylic acids is 1. The zero-order valence-corrected chi connectivity index (χ0v) is 18.4. The van der Waals surface area contributed by atoms with Crippen LogP contribution < -0.4 is 16.4 Å². The summed E-state index contributed by atoms with van der Waals surface area (Å²) >= 11 is 2.42. The van der Waals surface area contributed by atoms with Crippen molar-refractivity contribution in [2.24, 2.45) is 10.9 Å². The van der Waals surface area contributed by atoms with Gasteiger partial charge in [-0.25, -0.2) is 9.78 Å². The molecule has 0 aliphatic carbocycles. The molecule has 1 fully saturated rings. The van der Waals surface area contributed by atoms with Gasteiger partial charge in [-0.15, -0.1) is 23.1 Å². The Labute approximate surface area is 184 Å². The first-order valence-corrected chi connectivity index (χ1v) is 10.9. The van der Waals surface area contributed by atoms with E-state index in [1.165, 1.54) is 36.1 Å². The van der Waals surface area contributed by atoms with Crippen LogP contribution in [0.4, 0.5) is 5.13 Å². The fourth-order valence-electron chi connectivity index (χ4n) is 2.94. The molecule has 0 radical (unpaired) electrons. The third-order valence-electron chi connectivity index (χ3n) is 4.44. The number of carbonyl (C=O) groups is 4. The van der Waals surface area contributed by atoms with E-state index in [0.717, 1.165) is 11.3 Å². The molecule has 12 nitrogen and oxygen atoms in total. The van der Waals surface area contributed by atoms with Gasteiger partial charge in [0.1, 0.15) is 29.9 Å². The number of carboxylic acid groups (broad SMARTS) is 1. The number of β-lactam (4-membered cyclic amide) rings is 1. The lowest BCUT2D eigenvalue weighted by Crippen LogP contribution is -2.71. The number of hydrogen-bond acceptors (Lipinski definition) is 10. The molecular formula is C17H20N6O6S2. The van der Waals surface area contributed by atoms with Crippen molar-refractivity contribution in [2.45, 2.75) is 31.3 Å². The number of carbonyl (C=O) groups excluding carboxylic acids is 3. The minimum Gasteiger partial charge on any atom is -0.477 e. The Balaban J connectivity index is 1.74. The van der Waals surface area contributed by atoms with Crippen LogP contribution in [0.15, 0.2) is 21.8 Å². The number of oxime groups is 1. The molecule has 166 valence electrons. The predicted molar refractivity (Wildman–Crippen MR) is 113 cm³/mol. The van der Waals surface area contributed by atoms with E-state index in [1.54, 1.807) is 6.92 Å². The SMILES string of the molecule is CO/N=C(\C(=O)NC1C(=O)N2C(C(=O)O)=C(C)CS[C@@H]12)c1csc(NC(=O)[C@H](C)N)n1. The lowest BCUT2D eigenvalue weighted by molar-refractivity contribution is -0.150. The summed E-state index contributed by atoms with van der Waals surface area (Å²) in [7, 11) is 1.25. The van der Waals surface area contributed by atoms with Crippen molar-refractivity contribution < 1.29 is 29.1 Å². The molecule has 5 N–H and O–H groups in total. The summed E-state index contributed by atoms with van der Waals surface area (Å²) in [5.74, 6) is -2.45. The Kier molecular flexibility index (Phi) is 6.62.